The summed E-state index contributed by atoms with van der Waals surface area (Å²) in [6.45, 7) is 0. The Labute approximate surface area is 81.8 Å². The van der Waals surface area contributed by atoms with Gasteiger partial charge >= 0.3 is 24.4 Å². The highest BCUT2D eigenvalue weighted by atomic mass is 32.3. The van der Waals surface area contributed by atoms with Gasteiger partial charge in [-0.3, -0.25) is 13.8 Å². The average Bonchev–Trinajstić information content (AvgIpc) is 1.45. The van der Waals surface area contributed by atoms with Crippen LogP contribution in [-0.4, -0.2) is 48.6 Å². The van der Waals surface area contributed by atoms with E-state index in [9.17, 15) is 0 Å². The van der Waals surface area contributed by atoms with Gasteiger partial charge in [-0.15, -0.1) is 0 Å². The molecule has 14 heteroatoms. The highest BCUT2D eigenvalue weighted by molar-refractivity contribution is 7.79. The van der Waals surface area contributed by atoms with Crippen LogP contribution in [0.15, 0.2) is 0 Å². The molecule has 0 aliphatic rings. The highest BCUT2D eigenvalue weighted by Crippen LogP contribution is 2.25. The first-order valence-electron chi connectivity index (χ1n) is 2.13. The molecule has 0 rings (SSSR count). The van der Waals surface area contributed by atoms with Crippen molar-refractivity contribution in [3.8, 4) is 0 Å². The maximum absolute atomic E-state index is 8.88. The van der Waals surface area contributed by atoms with Gasteiger partial charge in [0.2, 0.25) is 0 Å². The summed E-state index contributed by atoms with van der Waals surface area (Å²) in [5, 5.41) is 13.9. The van der Waals surface area contributed by atoms with Gasteiger partial charge in [0.25, 0.3) is 0 Å². The smallest absolute Gasteiger partial charge is 0.450 e. The summed E-state index contributed by atoms with van der Waals surface area (Å²) < 4.78 is 40.5. The molecule has 0 fully saturated rings. The molecule has 0 aliphatic carbocycles. The molecule has 0 aliphatic heterocycles. The lowest BCUT2D eigenvalue weighted by molar-refractivity contribution is 0.137. The van der Waals surface area contributed by atoms with Gasteiger partial charge in [-0.25, -0.2) is 9.36 Å². The van der Waals surface area contributed by atoms with Gasteiger partial charge in [0.05, 0.1) is 0 Å². The van der Waals surface area contributed by atoms with Gasteiger partial charge in [-0.2, -0.15) is 8.42 Å². The third-order valence-electron chi connectivity index (χ3n) is 0. The summed E-state index contributed by atoms with van der Waals surface area (Å²) in [6, 6.07) is 0. The van der Waals surface area contributed by atoms with Crippen molar-refractivity contribution in [2.24, 2.45) is 0 Å². The van der Waals surface area contributed by atoms with Gasteiger partial charge in [0.1, 0.15) is 0 Å². The van der Waals surface area contributed by atoms with Crippen molar-refractivity contribution in [3.05, 3.63) is 0 Å². The number of halogens is 1. The van der Waals surface area contributed by atoms with Crippen LogP contribution in [0.2, 0.25) is 0 Å². The molecule has 0 bridgehead atoms. The largest absolute Gasteiger partial charge is 0.503 e. The Morgan fingerprint density at radius 2 is 1.00 bits per heavy atom. The maximum atomic E-state index is 8.88. The van der Waals surface area contributed by atoms with E-state index in [1.165, 1.54) is 0 Å². The number of carbonyl (C=O) groups is 1. The van der Waals surface area contributed by atoms with E-state index in [0.717, 1.165) is 0 Å². The lowest BCUT2D eigenvalue weighted by atomic mass is 11.5. The molecule has 15 heavy (non-hydrogen) atoms. The Kier molecular flexibility index (Phi) is 15.4. The average molecular weight is 278 g/mol. The molecule has 0 saturated carbocycles. The van der Waals surface area contributed by atoms with Crippen molar-refractivity contribution in [3.63, 3.8) is 0 Å². The van der Waals surface area contributed by atoms with Crippen LogP contribution in [-0.2, 0) is 15.0 Å². The number of hydrogen-bond acceptors (Lipinski definition) is 4. The van der Waals surface area contributed by atoms with Crippen molar-refractivity contribution < 1.29 is 56.5 Å². The second kappa shape index (κ2) is 9.72. The molecule has 0 spiro atoms. The van der Waals surface area contributed by atoms with Crippen molar-refractivity contribution in [1.29, 1.82) is 0 Å². The normalized spacial score (nSPS) is 9.40. The lowest BCUT2D eigenvalue weighted by Crippen LogP contribution is -1.89. The SMILES string of the molecule is F.O=C(O)O.O=P(O)(O)O.O=S(=O)(O)O. The number of rotatable bonds is 0. The molecule has 0 unspecified atom stereocenters. The lowest BCUT2D eigenvalue weighted by Gasteiger charge is -1.82. The second-order valence-corrected chi connectivity index (χ2v) is 3.17. The summed E-state index contributed by atoms with van der Waals surface area (Å²) >= 11 is 0. The first-order valence-corrected chi connectivity index (χ1v) is 5.09. The molecule has 0 amide bonds. The first-order chi connectivity index (χ1) is 5.73. The van der Waals surface area contributed by atoms with Crippen LogP contribution in [0, 0.1) is 0 Å². The molecule has 0 atom stereocenters. The van der Waals surface area contributed by atoms with Crippen LogP contribution < -0.4 is 0 Å². The molecule has 0 heterocycles. The van der Waals surface area contributed by atoms with E-state index in [-0.39, 0.29) is 4.70 Å². The Hall–Kier alpha value is -0.820. The van der Waals surface area contributed by atoms with E-state index >= 15 is 0 Å². The fourth-order valence-electron chi connectivity index (χ4n) is 0. The standard InChI is InChI=1S/CH2O3.FH.H3O4P.H2O4S/c2-1(3)4;;2*1-5(2,3)4/h(H2,2,3,4);1H;(H3,1,2,3,4);(H2,1,2,3,4). The maximum Gasteiger partial charge on any atom is 0.503 e. The van der Waals surface area contributed by atoms with E-state index in [1.807, 2.05) is 0 Å². The molecule has 0 aromatic heterocycles. The molecule has 0 radical (unpaired) electrons. The van der Waals surface area contributed by atoms with Crippen molar-refractivity contribution >= 4 is 24.4 Å². The molecule has 0 aromatic carbocycles. The summed E-state index contributed by atoms with van der Waals surface area (Å²) in [5.74, 6) is 0. The Morgan fingerprint density at radius 1 is 1.00 bits per heavy atom. The quantitative estimate of drug-likeness (QED) is 0.206. The fourth-order valence-corrected chi connectivity index (χ4v) is 0. The molecule has 0 saturated heterocycles. The van der Waals surface area contributed by atoms with Gasteiger partial charge in [-0.05, 0) is 0 Å². The molecule has 0 aromatic rings. The molecular formula is CH8FO11PS. The van der Waals surface area contributed by atoms with E-state index < -0.39 is 24.4 Å². The van der Waals surface area contributed by atoms with Crippen LogP contribution in [0.1, 0.15) is 0 Å². The van der Waals surface area contributed by atoms with Crippen molar-refractivity contribution in [2.45, 2.75) is 0 Å². The minimum absolute atomic E-state index is 0. The molecule has 96 valence electrons. The van der Waals surface area contributed by atoms with Crippen LogP contribution >= 0.6 is 7.82 Å². The van der Waals surface area contributed by atoms with E-state index in [2.05, 4.69) is 0 Å². The summed E-state index contributed by atoms with van der Waals surface area (Å²) in [5.41, 5.74) is 0. The van der Waals surface area contributed by atoms with Gasteiger partial charge < -0.3 is 24.9 Å². The van der Waals surface area contributed by atoms with Crippen molar-refractivity contribution in [2.75, 3.05) is 0 Å². The predicted octanol–water partition coefficient (Wildman–Crippen LogP) is -1.21. The zero-order chi connectivity index (χ0) is 12.6. The molecular weight excluding hydrogens is 270 g/mol. The minimum atomic E-state index is -4.67. The minimum Gasteiger partial charge on any atom is -0.450 e. The zero-order valence-corrected chi connectivity index (χ0v) is 8.24. The van der Waals surface area contributed by atoms with Gasteiger partial charge in [-0.1, -0.05) is 0 Å². The fraction of sp³-hybridized carbons (Fsp3) is 0. The second-order valence-electron chi connectivity index (χ2n) is 1.24. The summed E-state index contributed by atoms with van der Waals surface area (Å²) in [7, 11) is -9.31. The van der Waals surface area contributed by atoms with Gasteiger partial charge in [0.15, 0.2) is 0 Å². The van der Waals surface area contributed by atoms with E-state index in [0.29, 0.717) is 0 Å². The zero-order valence-electron chi connectivity index (χ0n) is 6.53. The Balaban J connectivity index is -0.0000000590. The van der Waals surface area contributed by atoms with E-state index in [4.69, 9.17) is 51.8 Å². The van der Waals surface area contributed by atoms with E-state index in [1.54, 1.807) is 0 Å². The molecule has 11 nitrogen and oxygen atoms in total. The monoisotopic (exact) mass is 278 g/mol. The predicted molar refractivity (Wildman–Crippen MR) is 41.6 cm³/mol. The van der Waals surface area contributed by atoms with Crippen LogP contribution in [0.3, 0.4) is 0 Å². The third-order valence-corrected chi connectivity index (χ3v) is 0. The van der Waals surface area contributed by atoms with Crippen LogP contribution in [0.25, 0.3) is 0 Å². The van der Waals surface area contributed by atoms with Crippen molar-refractivity contribution in [1.82, 2.24) is 0 Å². The Bertz CT molecular complexity index is 265. The topological polar surface area (TPSA) is 210 Å². The Morgan fingerprint density at radius 3 is 1.00 bits per heavy atom. The summed E-state index contributed by atoms with van der Waals surface area (Å²) in [6.07, 6.45) is -1.83. The van der Waals surface area contributed by atoms with Crippen LogP contribution in [0.5, 0.6) is 0 Å². The highest BCUT2D eigenvalue weighted by Gasteiger charge is 2.00. The van der Waals surface area contributed by atoms with Gasteiger partial charge in [0, 0.05) is 0 Å². The third kappa shape index (κ3) is 2450. The van der Waals surface area contributed by atoms with Crippen LogP contribution in [0.4, 0.5) is 9.50 Å². The molecule has 7 N–H and O–H groups in total. The number of carboxylic acid groups (broad SMARTS) is 2. The number of phosphoric acid groups is 1. The summed E-state index contributed by atoms with van der Waals surface area (Å²) in [4.78, 5) is 30.1. The number of hydrogen-bond donors (Lipinski definition) is 7. The first kappa shape index (κ1) is 23.8.